The van der Waals surface area contributed by atoms with Crippen LogP contribution in [-0.2, 0) is 23.4 Å². The summed E-state index contributed by atoms with van der Waals surface area (Å²) < 4.78 is 17.0. The van der Waals surface area contributed by atoms with Crippen LogP contribution in [0, 0.1) is 0 Å². The summed E-state index contributed by atoms with van der Waals surface area (Å²) in [6.45, 7) is 1.33. The molecule has 1 saturated heterocycles. The van der Waals surface area contributed by atoms with Crippen molar-refractivity contribution in [3.05, 3.63) is 81.5 Å². The van der Waals surface area contributed by atoms with Crippen molar-refractivity contribution in [2.24, 2.45) is 0 Å². The first kappa shape index (κ1) is 23.5. The lowest BCUT2D eigenvalue weighted by molar-refractivity contribution is -0.134. The third kappa shape index (κ3) is 3.85. The minimum atomic E-state index is -1.50. The van der Waals surface area contributed by atoms with Gasteiger partial charge in [0.2, 0.25) is 23.4 Å². The van der Waals surface area contributed by atoms with E-state index in [0.717, 1.165) is 21.4 Å². The number of amides is 3. The number of aromatic nitrogens is 4. The Hall–Kier alpha value is -4.62. The molecule has 0 aliphatic carbocycles. The maximum absolute atomic E-state index is 14.0. The van der Waals surface area contributed by atoms with Crippen molar-refractivity contribution in [2.75, 3.05) is 0 Å². The average Bonchev–Trinajstić information content (AvgIpc) is 3.79. The summed E-state index contributed by atoms with van der Waals surface area (Å²) in [6, 6.07) is 12.3. The highest BCUT2D eigenvalue weighted by Crippen LogP contribution is 2.41. The minimum absolute atomic E-state index is 0.115. The third-order valence-electron chi connectivity index (χ3n) is 6.65. The van der Waals surface area contributed by atoms with E-state index in [1.54, 1.807) is 19.1 Å². The predicted molar refractivity (Wildman–Crippen MR) is 140 cm³/mol. The fourth-order valence-electron chi connectivity index (χ4n) is 4.55. The number of benzene rings is 1. The molecule has 1 aliphatic rings. The van der Waals surface area contributed by atoms with Crippen LogP contribution in [-0.4, -0.2) is 42.0 Å². The van der Waals surface area contributed by atoms with Gasteiger partial charge in [0.25, 0.3) is 5.91 Å². The maximum atomic E-state index is 14.0. The summed E-state index contributed by atoms with van der Waals surface area (Å²) in [5.74, 6) is 0.904. The number of urea groups is 1. The number of nitrogens with zero attached hydrogens (tertiary/aromatic N) is 6. The molecular weight excluding hydrogens is 540 g/mol. The maximum Gasteiger partial charge on any atom is 0.329 e. The quantitative estimate of drug-likeness (QED) is 0.232. The molecule has 13 heteroatoms. The van der Waals surface area contributed by atoms with Gasteiger partial charge in [-0.25, -0.2) is 4.79 Å². The van der Waals surface area contributed by atoms with Gasteiger partial charge in [-0.2, -0.15) is 32.6 Å². The monoisotopic (exact) mass is 558 g/mol. The third-order valence-corrected chi connectivity index (χ3v) is 8.02. The van der Waals surface area contributed by atoms with Crippen LogP contribution in [0.25, 0.3) is 33.7 Å². The SMILES string of the molecule is C[C@@]1(c2cc3ccccc3o2)C(=O)N(Cc2nc(-c3ccsc3)no2)C(=O)N1Cc1nc(-c2ccsc2)no1. The molecule has 0 saturated carbocycles. The van der Waals surface area contributed by atoms with Gasteiger partial charge in [-0.3, -0.25) is 14.6 Å². The number of furan rings is 1. The van der Waals surface area contributed by atoms with Gasteiger partial charge in [0, 0.05) is 27.3 Å². The van der Waals surface area contributed by atoms with Gasteiger partial charge in [-0.15, -0.1) is 0 Å². The second-order valence-electron chi connectivity index (χ2n) is 9.03. The summed E-state index contributed by atoms with van der Waals surface area (Å²) in [4.78, 5) is 39.1. The Labute approximate surface area is 228 Å². The second kappa shape index (κ2) is 8.99. The van der Waals surface area contributed by atoms with E-state index in [4.69, 9.17) is 13.5 Å². The van der Waals surface area contributed by atoms with Crippen LogP contribution in [0.15, 0.2) is 77.4 Å². The summed E-state index contributed by atoms with van der Waals surface area (Å²) in [7, 11) is 0. The molecule has 6 aromatic rings. The Morgan fingerprint density at radius 1 is 0.872 bits per heavy atom. The summed E-state index contributed by atoms with van der Waals surface area (Å²) in [5.41, 5.74) is 0.699. The lowest BCUT2D eigenvalue weighted by atomic mass is 9.96. The zero-order valence-electron chi connectivity index (χ0n) is 20.3. The highest BCUT2D eigenvalue weighted by molar-refractivity contribution is 7.08. The molecule has 0 bridgehead atoms. The first-order valence-corrected chi connectivity index (χ1v) is 13.7. The number of hydrogen-bond acceptors (Lipinski definition) is 11. The van der Waals surface area contributed by atoms with E-state index in [2.05, 4.69) is 20.3 Å². The van der Waals surface area contributed by atoms with E-state index in [0.29, 0.717) is 23.0 Å². The molecule has 0 N–H and O–H groups in total. The van der Waals surface area contributed by atoms with Crippen molar-refractivity contribution < 1.29 is 23.1 Å². The number of fused-ring (bicyclic) bond motifs is 1. The topological polar surface area (TPSA) is 132 Å². The van der Waals surface area contributed by atoms with Crippen LogP contribution >= 0.6 is 22.7 Å². The molecule has 1 aliphatic heterocycles. The number of carbonyl (C=O) groups excluding carboxylic acids is 2. The molecule has 0 unspecified atom stereocenters. The zero-order valence-corrected chi connectivity index (χ0v) is 21.9. The fourth-order valence-corrected chi connectivity index (χ4v) is 5.82. The van der Waals surface area contributed by atoms with Gasteiger partial charge in [0.05, 0.1) is 0 Å². The molecule has 6 heterocycles. The number of rotatable bonds is 7. The van der Waals surface area contributed by atoms with Crippen molar-refractivity contribution in [3.63, 3.8) is 0 Å². The Kier molecular flexibility index (Phi) is 5.42. The zero-order chi connectivity index (χ0) is 26.6. The summed E-state index contributed by atoms with van der Waals surface area (Å²) in [5, 5.41) is 16.4. The van der Waals surface area contributed by atoms with E-state index in [-0.39, 0.29) is 24.9 Å². The Bertz CT molecular complexity index is 1770. The van der Waals surface area contributed by atoms with E-state index < -0.39 is 17.5 Å². The lowest BCUT2D eigenvalue weighted by Gasteiger charge is -2.28. The smallest absolute Gasteiger partial charge is 0.329 e. The Balaban J connectivity index is 1.25. The lowest BCUT2D eigenvalue weighted by Crippen LogP contribution is -2.43. The second-order valence-corrected chi connectivity index (χ2v) is 10.6. The highest BCUT2D eigenvalue weighted by atomic mass is 32.1. The van der Waals surface area contributed by atoms with Crippen LogP contribution in [0.3, 0.4) is 0 Å². The minimum Gasteiger partial charge on any atom is -0.458 e. The number of thiophene rings is 2. The summed E-state index contributed by atoms with van der Waals surface area (Å²) in [6.07, 6.45) is 0. The molecule has 1 atom stereocenters. The van der Waals surface area contributed by atoms with Gasteiger partial charge in [0.1, 0.15) is 24.4 Å². The number of carbonyl (C=O) groups is 2. The van der Waals surface area contributed by atoms with Crippen molar-refractivity contribution in [3.8, 4) is 22.8 Å². The van der Waals surface area contributed by atoms with Gasteiger partial charge in [-0.05, 0) is 41.9 Å². The van der Waals surface area contributed by atoms with Crippen molar-refractivity contribution >= 4 is 45.6 Å². The molecule has 0 radical (unpaired) electrons. The Morgan fingerprint density at radius 2 is 1.51 bits per heavy atom. The predicted octanol–water partition coefficient (Wildman–Crippen LogP) is 5.54. The highest BCUT2D eigenvalue weighted by Gasteiger charge is 2.58. The van der Waals surface area contributed by atoms with Crippen molar-refractivity contribution in [2.45, 2.75) is 25.6 Å². The first-order valence-electron chi connectivity index (χ1n) is 11.8. The molecule has 3 amide bonds. The van der Waals surface area contributed by atoms with Gasteiger partial charge in [-0.1, -0.05) is 28.5 Å². The molecule has 194 valence electrons. The van der Waals surface area contributed by atoms with E-state index in [1.807, 2.05) is 51.9 Å². The molecular formula is C26H18N6O5S2. The molecule has 1 aromatic carbocycles. The van der Waals surface area contributed by atoms with Gasteiger partial charge >= 0.3 is 6.03 Å². The largest absolute Gasteiger partial charge is 0.458 e. The van der Waals surface area contributed by atoms with Crippen LogP contribution < -0.4 is 0 Å². The molecule has 0 spiro atoms. The van der Waals surface area contributed by atoms with Crippen LogP contribution in [0.4, 0.5) is 4.79 Å². The van der Waals surface area contributed by atoms with Gasteiger partial charge < -0.3 is 13.5 Å². The molecule has 11 nitrogen and oxygen atoms in total. The van der Waals surface area contributed by atoms with E-state index in [9.17, 15) is 9.59 Å². The summed E-state index contributed by atoms with van der Waals surface area (Å²) >= 11 is 3.01. The van der Waals surface area contributed by atoms with Crippen LogP contribution in [0.2, 0.25) is 0 Å². The van der Waals surface area contributed by atoms with Crippen LogP contribution in [0.1, 0.15) is 24.5 Å². The normalized spacial score (nSPS) is 17.7. The van der Waals surface area contributed by atoms with E-state index >= 15 is 0 Å². The van der Waals surface area contributed by atoms with Crippen molar-refractivity contribution in [1.29, 1.82) is 0 Å². The molecule has 7 rings (SSSR count). The van der Waals surface area contributed by atoms with E-state index in [1.165, 1.54) is 27.6 Å². The number of imide groups is 1. The molecule has 1 fully saturated rings. The molecule has 39 heavy (non-hydrogen) atoms. The average molecular weight is 559 g/mol. The standard InChI is InChI=1S/C26H18N6O5S2/c1-26(19-10-15-4-2-3-5-18(15)35-19)24(33)31(11-20-27-22(29-36-20)16-6-8-38-13-16)25(34)32(26)12-21-28-23(30-37-21)17-7-9-39-14-17/h2-10,13-14H,11-12H2,1H3/t26-/m1/s1. The number of hydrogen-bond donors (Lipinski definition) is 0. The first-order chi connectivity index (χ1) is 19.0. The fraction of sp³-hybridized carbons (Fsp3) is 0.154. The van der Waals surface area contributed by atoms with Crippen molar-refractivity contribution in [1.82, 2.24) is 30.1 Å². The molecule has 5 aromatic heterocycles. The Morgan fingerprint density at radius 3 is 2.13 bits per heavy atom. The number of para-hydroxylation sites is 1. The van der Waals surface area contributed by atoms with Gasteiger partial charge in [0.15, 0.2) is 5.54 Å². The van der Waals surface area contributed by atoms with Crippen LogP contribution in [0.5, 0.6) is 0 Å².